The Hall–Kier alpha value is -2.34. The first-order valence-corrected chi connectivity index (χ1v) is 6.40. The minimum atomic E-state index is -1.02. The number of benzene rings is 1. The second-order valence-corrected chi connectivity index (χ2v) is 4.80. The SMILES string of the molecule is O=C(O)C1CCC(C(=O)Nc2ccc3[nH]ccc3c2)O1. The van der Waals surface area contributed by atoms with Gasteiger partial charge in [-0.25, -0.2) is 4.79 Å². The number of hydrogen-bond acceptors (Lipinski definition) is 3. The van der Waals surface area contributed by atoms with Gasteiger partial charge in [0.05, 0.1) is 0 Å². The molecular formula is C14H14N2O4. The van der Waals surface area contributed by atoms with Crippen LogP contribution in [0.15, 0.2) is 30.5 Å². The third kappa shape index (κ3) is 2.37. The first-order valence-electron chi connectivity index (χ1n) is 6.40. The van der Waals surface area contributed by atoms with Gasteiger partial charge in [0.1, 0.15) is 6.10 Å². The predicted octanol–water partition coefficient (Wildman–Crippen LogP) is 1.74. The highest BCUT2D eigenvalue weighted by Gasteiger charge is 2.34. The number of anilines is 1. The van der Waals surface area contributed by atoms with E-state index >= 15 is 0 Å². The van der Waals surface area contributed by atoms with Crippen molar-refractivity contribution in [2.75, 3.05) is 5.32 Å². The van der Waals surface area contributed by atoms with Gasteiger partial charge in [-0.1, -0.05) is 0 Å². The second kappa shape index (κ2) is 4.97. The van der Waals surface area contributed by atoms with Crippen LogP contribution >= 0.6 is 0 Å². The zero-order valence-electron chi connectivity index (χ0n) is 10.6. The van der Waals surface area contributed by atoms with Crippen molar-refractivity contribution in [2.45, 2.75) is 25.0 Å². The van der Waals surface area contributed by atoms with Crippen molar-refractivity contribution in [3.8, 4) is 0 Å². The average Bonchev–Trinajstić information content (AvgIpc) is 3.07. The summed E-state index contributed by atoms with van der Waals surface area (Å²) in [7, 11) is 0. The number of hydrogen-bond donors (Lipinski definition) is 3. The van der Waals surface area contributed by atoms with E-state index in [4.69, 9.17) is 9.84 Å². The molecule has 1 amide bonds. The van der Waals surface area contributed by atoms with Crippen LogP contribution in [0.1, 0.15) is 12.8 Å². The van der Waals surface area contributed by atoms with Crippen LogP contribution in [0.5, 0.6) is 0 Å². The summed E-state index contributed by atoms with van der Waals surface area (Å²) in [5, 5.41) is 12.6. The number of fused-ring (bicyclic) bond motifs is 1. The van der Waals surface area contributed by atoms with Crippen molar-refractivity contribution in [1.82, 2.24) is 4.98 Å². The molecule has 6 nitrogen and oxygen atoms in total. The van der Waals surface area contributed by atoms with E-state index in [1.54, 1.807) is 6.07 Å². The van der Waals surface area contributed by atoms with E-state index in [0.29, 0.717) is 18.5 Å². The minimum absolute atomic E-state index is 0.302. The summed E-state index contributed by atoms with van der Waals surface area (Å²) in [5.74, 6) is -1.32. The van der Waals surface area contributed by atoms with Crippen molar-refractivity contribution in [1.29, 1.82) is 0 Å². The van der Waals surface area contributed by atoms with Gasteiger partial charge < -0.3 is 20.1 Å². The predicted molar refractivity (Wildman–Crippen MR) is 72.5 cm³/mol. The minimum Gasteiger partial charge on any atom is -0.479 e. The molecule has 20 heavy (non-hydrogen) atoms. The number of carbonyl (C=O) groups is 2. The van der Waals surface area contributed by atoms with Gasteiger partial charge in [0, 0.05) is 22.8 Å². The van der Waals surface area contributed by atoms with Crippen LogP contribution in [-0.4, -0.2) is 34.2 Å². The van der Waals surface area contributed by atoms with E-state index in [9.17, 15) is 9.59 Å². The maximum atomic E-state index is 12.0. The van der Waals surface area contributed by atoms with Crippen LogP contribution in [-0.2, 0) is 14.3 Å². The lowest BCUT2D eigenvalue weighted by Gasteiger charge is -2.11. The summed E-state index contributed by atoms with van der Waals surface area (Å²) < 4.78 is 5.21. The molecule has 2 heterocycles. The molecule has 3 N–H and O–H groups in total. The van der Waals surface area contributed by atoms with Gasteiger partial charge in [-0.2, -0.15) is 0 Å². The number of ether oxygens (including phenoxy) is 1. The summed E-state index contributed by atoms with van der Waals surface area (Å²) >= 11 is 0. The number of aliphatic carboxylic acids is 1. The monoisotopic (exact) mass is 274 g/mol. The summed E-state index contributed by atoms with van der Waals surface area (Å²) in [6.45, 7) is 0. The molecule has 104 valence electrons. The lowest BCUT2D eigenvalue weighted by atomic mass is 10.2. The molecule has 0 aliphatic carbocycles. The molecule has 6 heteroatoms. The number of H-pyrrole nitrogens is 1. The van der Waals surface area contributed by atoms with Gasteiger partial charge in [0.25, 0.3) is 5.91 Å². The van der Waals surface area contributed by atoms with E-state index in [-0.39, 0.29) is 5.91 Å². The number of rotatable bonds is 3. The first-order chi connectivity index (χ1) is 9.63. The second-order valence-electron chi connectivity index (χ2n) is 4.80. The van der Waals surface area contributed by atoms with E-state index in [1.807, 2.05) is 24.4 Å². The molecule has 1 fully saturated rings. The average molecular weight is 274 g/mol. The van der Waals surface area contributed by atoms with E-state index in [2.05, 4.69) is 10.3 Å². The molecule has 1 aliphatic rings. The van der Waals surface area contributed by atoms with Gasteiger partial charge in [0.15, 0.2) is 6.10 Å². The highest BCUT2D eigenvalue weighted by Crippen LogP contribution is 2.22. The van der Waals surface area contributed by atoms with Gasteiger partial charge in [-0.3, -0.25) is 4.79 Å². The standard InChI is InChI=1S/C14H14N2O4/c17-13(11-3-4-12(20-11)14(18)19)16-9-1-2-10-8(7-9)5-6-15-10/h1-2,5-7,11-12,15H,3-4H2,(H,16,17)(H,18,19). The Morgan fingerprint density at radius 3 is 2.80 bits per heavy atom. The van der Waals surface area contributed by atoms with Crippen molar-refractivity contribution in [2.24, 2.45) is 0 Å². The first kappa shape index (κ1) is 12.7. The number of carboxylic acids is 1. The lowest BCUT2D eigenvalue weighted by molar-refractivity contribution is -0.150. The molecule has 2 unspecified atom stereocenters. The normalized spacial score (nSPS) is 22.0. The highest BCUT2D eigenvalue weighted by atomic mass is 16.5. The molecule has 1 saturated heterocycles. The molecular weight excluding hydrogens is 260 g/mol. The summed E-state index contributed by atoms with van der Waals surface area (Å²) in [5.41, 5.74) is 1.66. The van der Waals surface area contributed by atoms with Crippen LogP contribution in [0.2, 0.25) is 0 Å². The molecule has 1 aliphatic heterocycles. The van der Waals surface area contributed by atoms with Crippen molar-refractivity contribution < 1.29 is 19.4 Å². The van der Waals surface area contributed by atoms with Gasteiger partial charge in [0.2, 0.25) is 0 Å². The molecule has 2 atom stereocenters. The Balaban J connectivity index is 1.68. The molecule has 1 aromatic carbocycles. The van der Waals surface area contributed by atoms with Crippen molar-refractivity contribution in [3.05, 3.63) is 30.5 Å². The van der Waals surface area contributed by atoms with Crippen LogP contribution in [0.3, 0.4) is 0 Å². The smallest absolute Gasteiger partial charge is 0.332 e. The van der Waals surface area contributed by atoms with Crippen molar-refractivity contribution >= 4 is 28.5 Å². The summed E-state index contributed by atoms with van der Waals surface area (Å²) in [6, 6.07) is 7.44. The van der Waals surface area contributed by atoms with Crippen LogP contribution < -0.4 is 5.32 Å². The van der Waals surface area contributed by atoms with Crippen LogP contribution in [0.25, 0.3) is 10.9 Å². The topological polar surface area (TPSA) is 91.4 Å². The number of amides is 1. The van der Waals surface area contributed by atoms with Crippen LogP contribution in [0, 0.1) is 0 Å². The van der Waals surface area contributed by atoms with Crippen molar-refractivity contribution in [3.63, 3.8) is 0 Å². The number of aromatic amines is 1. The summed E-state index contributed by atoms with van der Waals surface area (Å²) in [4.78, 5) is 25.9. The number of nitrogens with one attached hydrogen (secondary N) is 2. The zero-order chi connectivity index (χ0) is 14.1. The highest BCUT2D eigenvalue weighted by molar-refractivity contribution is 5.96. The Labute approximate surface area is 114 Å². The molecule has 0 radical (unpaired) electrons. The largest absolute Gasteiger partial charge is 0.479 e. The zero-order valence-corrected chi connectivity index (χ0v) is 10.6. The number of carbonyl (C=O) groups excluding carboxylic acids is 1. The summed E-state index contributed by atoms with van der Waals surface area (Å²) in [6.07, 6.45) is 1.05. The number of aromatic nitrogens is 1. The molecule has 0 saturated carbocycles. The molecule has 0 spiro atoms. The fourth-order valence-corrected chi connectivity index (χ4v) is 2.37. The van der Waals surface area contributed by atoms with Gasteiger partial charge in [-0.15, -0.1) is 0 Å². The lowest BCUT2D eigenvalue weighted by Crippen LogP contribution is -2.29. The van der Waals surface area contributed by atoms with E-state index < -0.39 is 18.2 Å². The fraction of sp³-hybridized carbons (Fsp3) is 0.286. The van der Waals surface area contributed by atoms with Gasteiger partial charge >= 0.3 is 5.97 Å². The quantitative estimate of drug-likeness (QED) is 0.795. The Kier molecular flexibility index (Phi) is 3.15. The maximum absolute atomic E-state index is 12.0. The van der Waals surface area contributed by atoms with E-state index in [0.717, 1.165) is 10.9 Å². The molecule has 2 aromatic rings. The Bertz CT molecular complexity index is 664. The van der Waals surface area contributed by atoms with E-state index in [1.165, 1.54) is 0 Å². The fourth-order valence-electron chi connectivity index (χ4n) is 2.37. The Morgan fingerprint density at radius 1 is 1.25 bits per heavy atom. The maximum Gasteiger partial charge on any atom is 0.332 e. The third-order valence-electron chi connectivity index (χ3n) is 3.41. The van der Waals surface area contributed by atoms with Gasteiger partial charge in [-0.05, 0) is 37.1 Å². The number of carboxylic acid groups (broad SMARTS) is 1. The molecule has 1 aromatic heterocycles. The molecule has 3 rings (SSSR count). The third-order valence-corrected chi connectivity index (χ3v) is 3.41. The van der Waals surface area contributed by atoms with Crippen LogP contribution in [0.4, 0.5) is 5.69 Å². The molecule has 0 bridgehead atoms. The Morgan fingerprint density at radius 2 is 2.05 bits per heavy atom.